The molecule has 39 heavy (non-hydrogen) atoms. The lowest BCUT2D eigenvalue weighted by Gasteiger charge is -2.35. The number of hydrogen-bond acceptors (Lipinski definition) is 5. The van der Waals surface area contributed by atoms with Crippen molar-refractivity contribution in [3.8, 4) is 16.9 Å². The summed E-state index contributed by atoms with van der Waals surface area (Å²) in [5, 5.41) is 11.9. The lowest BCUT2D eigenvalue weighted by molar-refractivity contribution is -0.0500. The first-order chi connectivity index (χ1) is 17.8. The molecule has 212 valence electrons. The lowest BCUT2D eigenvalue weighted by atomic mass is 9.80. The number of fused-ring (bicyclic) bond motifs is 1. The van der Waals surface area contributed by atoms with E-state index in [2.05, 4.69) is 9.50 Å². The zero-order valence-corrected chi connectivity index (χ0v) is 22.6. The highest BCUT2D eigenvalue weighted by Gasteiger charge is 2.48. The second-order valence-electron chi connectivity index (χ2n) is 10.5. The number of rotatable bonds is 7. The third-order valence-corrected chi connectivity index (χ3v) is 6.85. The third-order valence-electron chi connectivity index (χ3n) is 5.87. The quantitative estimate of drug-likeness (QED) is 0.203. The molecular weight excluding hydrogens is 544 g/mol. The smallest absolute Gasteiger partial charge is 0.465 e. The van der Waals surface area contributed by atoms with Gasteiger partial charge in [0.05, 0.1) is 11.7 Å². The van der Waals surface area contributed by atoms with Crippen molar-refractivity contribution in [1.29, 1.82) is 0 Å². The van der Waals surface area contributed by atoms with E-state index in [9.17, 15) is 36.3 Å². The van der Waals surface area contributed by atoms with Crippen molar-refractivity contribution in [3.63, 3.8) is 0 Å². The van der Waals surface area contributed by atoms with Crippen LogP contribution in [0.5, 0.6) is 5.75 Å². The van der Waals surface area contributed by atoms with E-state index in [1.165, 1.54) is 22.8 Å². The van der Waals surface area contributed by atoms with Gasteiger partial charge in [0, 0.05) is 28.4 Å². The van der Waals surface area contributed by atoms with Crippen molar-refractivity contribution in [2.75, 3.05) is 0 Å². The number of benzene rings is 2. The van der Waals surface area contributed by atoms with Crippen LogP contribution in [0.1, 0.15) is 46.4 Å². The van der Waals surface area contributed by atoms with Gasteiger partial charge < -0.3 is 19.2 Å². The molecule has 1 unspecified atom stereocenters. The van der Waals surface area contributed by atoms with Gasteiger partial charge in [0.15, 0.2) is 0 Å². The Labute approximate surface area is 222 Å². The van der Waals surface area contributed by atoms with Crippen LogP contribution in [0.2, 0.25) is 0 Å². The highest BCUT2D eigenvalue weighted by molar-refractivity contribution is 7.88. The molecular formula is C26H28F4N2O6S. The van der Waals surface area contributed by atoms with Crippen LogP contribution >= 0.6 is 0 Å². The predicted octanol–water partition coefficient (Wildman–Crippen LogP) is 6.05. The van der Waals surface area contributed by atoms with E-state index in [0.29, 0.717) is 0 Å². The zero-order chi connectivity index (χ0) is 29.5. The summed E-state index contributed by atoms with van der Waals surface area (Å²) < 4.78 is 83.4. The molecule has 2 aromatic carbocycles. The number of carboxylic acid groups (broad SMARTS) is 1. The van der Waals surface area contributed by atoms with Crippen molar-refractivity contribution >= 4 is 27.0 Å². The lowest BCUT2D eigenvalue weighted by Crippen LogP contribution is -2.41. The van der Waals surface area contributed by atoms with E-state index in [1.807, 2.05) is 13.8 Å². The van der Waals surface area contributed by atoms with Crippen LogP contribution in [0.3, 0.4) is 0 Å². The highest BCUT2D eigenvalue weighted by atomic mass is 32.2. The monoisotopic (exact) mass is 572 g/mol. The van der Waals surface area contributed by atoms with E-state index in [-0.39, 0.29) is 40.1 Å². The van der Waals surface area contributed by atoms with Gasteiger partial charge in [0.1, 0.15) is 11.6 Å². The predicted molar refractivity (Wildman–Crippen MR) is 137 cm³/mol. The molecule has 0 spiro atoms. The number of carbonyl (C=O) groups is 1. The molecule has 3 aromatic rings. The molecule has 0 saturated carbocycles. The third kappa shape index (κ3) is 6.18. The molecule has 2 N–H and O–H groups in total. The van der Waals surface area contributed by atoms with Crippen molar-refractivity contribution in [2.45, 2.75) is 52.7 Å². The number of nitrogens with one attached hydrogen (secondary N) is 1. The average Bonchev–Trinajstić information content (AvgIpc) is 2.78. The first-order valence-electron chi connectivity index (χ1n) is 11.8. The summed E-state index contributed by atoms with van der Waals surface area (Å²) in [6.45, 7) is 8.82. The molecule has 0 aliphatic heterocycles. The van der Waals surface area contributed by atoms with E-state index in [0.717, 1.165) is 24.3 Å². The van der Waals surface area contributed by atoms with E-state index < -0.39 is 50.3 Å². The number of pyridine rings is 1. The number of nitrogens with zero attached hydrogens (tertiary/aromatic N) is 1. The Kier molecular flexibility index (Phi) is 8.07. The topological polar surface area (TPSA) is 115 Å². The minimum Gasteiger partial charge on any atom is -0.465 e. The Balaban J connectivity index is 2.59. The van der Waals surface area contributed by atoms with Crippen molar-refractivity contribution in [1.82, 2.24) is 9.88 Å². The van der Waals surface area contributed by atoms with Crippen molar-refractivity contribution < 1.29 is 40.1 Å². The Hall–Kier alpha value is -3.61. The average molecular weight is 573 g/mol. The molecule has 0 bridgehead atoms. The van der Waals surface area contributed by atoms with Gasteiger partial charge in [0.2, 0.25) is 0 Å². The molecule has 1 amide bonds. The molecule has 0 aliphatic carbocycles. The second kappa shape index (κ2) is 10.5. The molecule has 13 heteroatoms. The van der Waals surface area contributed by atoms with Gasteiger partial charge in [-0.15, -0.1) is 0 Å². The van der Waals surface area contributed by atoms with Gasteiger partial charge >= 0.3 is 21.7 Å². The number of halogens is 4. The van der Waals surface area contributed by atoms with E-state index in [4.69, 9.17) is 0 Å². The maximum atomic E-state index is 15.3. The summed E-state index contributed by atoms with van der Waals surface area (Å²) in [5.41, 5.74) is -7.23. The summed E-state index contributed by atoms with van der Waals surface area (Å²) in [6.07, 6.45) is -1.42. The molecule has 1 aromatic heterocycles. The Bertz CT molecular complexity index is 1570. The van der Waals surface area contributed by atoms with Crippen molar-refractivity contribution in [3.05, 3.63) is 64.3 Å². The molecule has 0 radical (unpaired) electrons. The van der Waals surface area contributed by atoms with Crippen LogP contribution in [-0.4, -0.2) is 29.7 Å². The first-order valence-corrected chi connectivity index (χ1v) is 13.2. The van der Waals surface area contributed by atoms with Gasteiger partial charge in [-0.3, -0.25) is 4.79 Å². The number of hydrogen-bond donors (Lipinski definition) is 2. The number of alkyl halides is 3. The fourth-order valence-electron chi connectivity index (χ4n) is 4.28. The van der Waals surface area contributed by atoms with Crippen LogP contribution in [0.15, 0.2) is 47.3 Å². The SMILES string of the molecule is CC(C)Cn1c(C(NC(=O)O)C(C)(C)C)c(-c2ccccc2F)c2cc(OS(=O)(=O)C(F)(F)F)ccc2c1=O. The normalized spacial score (nSPS) is 13.5. The largest absolute Gasteiger partial charge is 0.534 e. The Morgan fingerprint density at radius 3 is 2.21 bits per heavy atom. The standard InChI is InChI=1S/C26H28F4N2O6S/c1-14(2)13-32-21(22(25(3,4)5)31-24(34)35)20(17-8-6-7-9-19(17)27)18-12-15(10-11-16(18)23(32)33)38-39(36,37)26(28,29)30/h6-12,14,22,31H,13H2,1-5H3,(H,34,35). The van der Waals surface area contributed by atoms with Gasteiger partial charge in [-0.2, -0.15) is 21.6 Å². The van der Waals surface area contributed by atoms with Gasteiger partial charge in [0.25, 0.3) is 5.56 Å². The summed E-state index contributed by atoms with van der Waals surface area (Å²) in [4.78, 5) is 25.6. The zero-order valence-electron chi connectivity index (χ0n) is 21.8. The van der Waals surface area contributed by atoms with Crippen LogP contribution in [-0.2, 0) is 16.7 Å². The van der Waals surface area contributed by atoms with Crippen LogP contribution < -0.4 is 15.1 Å². The van der Waals surface area contributed by atoms with Gasteiger partial charge in [-0.25, -0.2) is 9.18 Å². The fourth-order valence-corrected chi connectivity index (χ4v) is 4.73. The van der Waals surface area contributed by atoms with E-state index in [1.54, 1.807) is 20.8 Å². The summed E-state index contributed by atoms with van der Waals surface area (Å²) in [7, 11) is -6.05. The van der Waals surface area contributed by atoms with E-state index >= 15 is 4.39 Å². The van der Waals surface area contributed by atoms with Crippen molar-refractivity contribution in [2.24, 2.45) is 11.3 Å². The van der Waals surface area contributed by atoms with Crippen LogP contribution in [0, 0.1) is 17.2 Å². The molecule has 1 heterocycles. The van der Waals surface area contributed by atoms with Crippen LogP contribution in [0.4, 0.5) is 22.4 Å². The molecule has 0 fully saturated rings. The minimum atomic E-state index is -6.05. The summed E-state index contributed by atoms with van der Waals surface area (Å²) >= 11 is 0. The Morgan fingerprint density at radius 1 is 1.08 bits per heavy atom. The maximum absolute atomic E-state index is 15.3. The highest BCUT2D eigenvalue weighted by Crippen LogP contribution is 2.42. The molecule has 0 saturated heterocycles. The Morgan fingerprint density at radius 2 is 1.69 bits per heavy atom. The van der Waals surface area contributed by atoms with Crippen LogP contribution in [0.25, 0.3) is 21.9 Å². The molecule has 1 atom stereocenters. The van der Waals surface area contributed by atoms with Gasteiger partial charge in [-0.1, -0.05) is 52.8 Å². The molecule has 8 nitrogen and oxygen atoms in total. The second-order valence-corrected chi connectivity index (χ2v) is 12.0. The first kappa shape index (κ1) is 29.9. The minimum absolute atomic E-state index is 0.00637. The van der Waals surface area contributed by atoms with Gasteiger partial charge in [-0.05, 0) is 35.6 Å². The maximum Gasteiger partial charge on any atom is 0.534 e. The molecule has 3 rings (SSSR count). The summed E-state index contributed by atoms with van der Waals surface area (Å²) in [5.74, 6) is -1.65. The fraction of sp³-hybridized carbons (Fsp3) is 0.385. The molecule has 0 aliphatic rings. The summed E-state index contributed by atoms with van der Waals surface area (Å²) in [6, 6.07) is 7.21. The number of amides is 1. The number of aromatic nitrogens is 1.